The zero-order valence-corrected chi connectivity index (χ0v) is 39.3. The first kappa shape index (κ1) is 58.1. The highest BCUT2D eigenvalue weighted by molar-refractivity contribution is 7.47. The van der Waals surface area contributed by atoms with E-state index in [9.17, 15) is 39.8 Å². The molecule has 6 atom stereocenters. The monoisotopic (exact) mass is 899 g/mol. The lowest BCUT2D eigenvalue weighted by Gasteiger charge is -2.41. The highest BCUT2D eigenvalue weighted by Crippen LogP contribution is 2.47. The van der Waals surface area contributed by atoms with Gasteiger partial charge in [0.15, 0.2) is 0 Å². The van der Waals surface area contributed by atoms with Crippen molar-refractivity contribution in [3.8, 4) is 0 Å². The maximum absolute atomic E-state index is 12.8. The second-order valence-electron chi connectivity index (χ2n) is 16.6. The normalized spacial score (nSPS) is 22.5. The fourth-order valence-corrected chi connectivity index (χ4v) is 8.11. The van der Waals surface area contributed by atoms with Crippen molar-refractivity contribution in [1.29, 1.82) is 0 Å². The van der Waals surface area contributed by atoms with Crippen LogP contribution in [-0.4, -0.2) is 98.9 Å². The Morgan fingerprint density at radius 1 is 0.516 bits per heavy atom. The molecule has 0 heterocycles. The lowest BCUT2D eigenvalue weighted by molar-refractivity contribution is -0.220. The molecule has 0 aromatic heterocycles. The van der Waals surface area contributed by atoms with E-state index in [1.165, 1.54) is 109 Å². The predicted octanol–water partition coefficient (Wildman–Crippen LogP) is 10.2. The van der Waals surface area contributed by atoms with Crippen LogP contribution < -0.4 is 0 Å². The molecular formula is C49H87O12P. The van der Waals surface area contributed by atoms with Crippen LogP contribution in [0.1, 0.15) is 181 Å². The SMILES string of the molecule is CC/C=C\C/C=C\C/C=C\C/C=C\C/C=C\CC(=O)OC(COCCCCCCCCCCCCCCCCCCCCCC)COP(=O)(O)OC1C(O)C(O)C(O)C(O)C1O. The number of esters is 1. The van der Waals surface area contributed by atoms with Crippen molar-refractivity contribution in [2.24, 2.45) is 0 Å². The van der Waals surface area contributed by atoms with E-state index in [1.54, 1.807) is 6.08 Å². The molecule has 0 amide bonds. The van der Waals surface area contributed by atoms with E-state index < -0.39 is 63.1 Å². The van der Waals surface area contributed by atoms with Crippen molar-refractivity contribution in [2.75, 3.05) is 19.8 Å². The van der Waals surface area contributed by atoms with Crippen molar-refractivity contribution in [3.05, 3.63) is 60.8 Å². The Kier molecular flexibility index (Phi) is 36.9. The number of ether oxygens (including phenoxy) is 2. The number of carbonyl (C=O) groups excluding carboxylic acids is 1. The molecule has 1 saturated carbocycles. The van der Waals surface area contributed by atoms with E-state index in [0.29, 0.717) is 13.0 Å². The third-order valence-corrected chi connectivity index (χ3v) is 11.9. The number of rotatable bonds is 40. The predicted molar refractivity (Wildman–Crippen MR) is 248 cm³/mol. The number of aliphatic hydroxyl groups excluding tert-OH is 5. The van der Waals surface area contributed by atoms with Crippen LogP contribution in [0, 0.1) is 0 Å². The minimum atomic E-state index is -5.04. The van der Waals surface area contributed by atoms with Crippen LogP contribution in [0.5, 0.6) is 0 Å². The highest BCUT2D eigenvalue weighted by atomic mass is 31.2. The second kappa shape index (κ2) is 39.4. The van der Waals surface area contributed by atoms with Gasteiger partial charge in [0.1, 0.15) is 42.7 Å². The van der Waals surface area contributed by atoms with Gasteiger partial charge in [-0.1, -0.05) is 197 Å². The summed E-state index contributed by atoms with van der Waals surface area (Å²) in [7, 11) is -5.04. The Hall–Kier alpha value is -1.96. The summed E-state index contributed by atoms with van der Waals surface area (Å²) in [5, 5.41) is 50.2. The molecular weight excluding hydrogens is 812 g/mol. The molecule has 0 radical (unpaired) electrons. The number of phosphoric acid groups is 1. The van der Waals surface area contributed by atoms with Crippen LogP contribution in [0.15, 0.2) is 60.8 Å². The van der Waals surface area contributed by atoms with Gasteiger partial charge in [-0.3, -0.25) is 13.8 Å². The van der Waals surface area contributed by atoms with E-state index in [0.717, 1.165) is 44.9 Å². The van der Waals surface area contributed by atoms with Gasteiger partial charge in [-0.05, 0) is 38.5 Å². The fourth-order valence-electron chi connectivity index (χ4n) is 7.14. The maximum atomic E-state index is 12.8. The lowest BCUT2D eigenvalue weighted by atomic mass is 9.85. The molecule has 360 valence electrons. The van der Waals surface area contributed by atoms with Crippen molar-refractivity contribution in [2.45, 2.75) is 224 Å². The Bertz CT molecular complexity index is 1250. The Morgan fingerprint density at radius 2 is 0.887 bits per heavy atom. The molecule has 62 heavy (non-hydrogen) atoms. The molecule has 6 N–H and O–H groups in total. The number of hydrogen-bond acceptors (Lipinski definition) is 11. The largest absolute Gasteiger partial charge is 0.472 e. The van der Waals surface area contributed by atoms with Gasteiger partial charge < -0.3 is 39.9 Å². The zero-order chi connectivity index (χ0) is 45.5. The van der Waals surface area contributed by atoms with E-state index in [1.807, 2.05) is 18.2 Å². The van der Waals surface area contributed by atoms with Gasteiger partial charge in [0.25, 0.3) is 0 Å². The summed E-state index contributed by atoms with van der Waals surface area (Å²) in [6, 6.07) is 0. The van der Waals surface area contributed by atoms with Crippen LogP contribution in [0.3, 0.4) is 0 Å². The van der Waals surface area contributed by atoms with Crippen molar-refractivity contribution in [3.63, 3.8) is 0 Å². The minimum Gasteiger partial charge on any atom is -0.457 e. The van der Waals surface area contributed by atoms with E-state index >= 15 is 0 Å². The first-order valence-electron chi connectivity index (χ1n) is 24.1. The minimum absolute atomic E-state index is 0.0464. The molecule has 6 unspecified atom stereocenters. The van der Waals surface area contributed by atoms with E-state index in [-0.39, 0.29) is 13.0 Å². The summed E-state index contributed by atoms with van der Waals surface area (Å²) < 4.78 is 34.1. The van der Waals surface area contributed by atoms with Gasteiger partial charge >= 0.3 is 13.8 Å². The Morgan fingerprint density at radius 3 is 1.31 bits per heavy atom. The molecule has 13 heteroatoms. The van der Waals surface area contributed by atoms with Gasteiger partial charge in [-0.2, -0.15) is 0 Å². The third-order valence-electron chi connectivity index (χ3n) is 10.9. The molecule has 12 nitrogen and oxygen atoms in total. The van der Waals surface area contributed by atoms with E-state index in [4.69, 9.17) is 18.5 Å². The molecule has 0 aromatic carbocycles. The average molecular weight is 899 g/mol. The number of aliphatic hydroxyl groups is 5. The molecule has 1 rings (SSSR count). The van der Waals surface area contributed by atoms with Crippen LogP contribution in [0.25, 0.3) is 0 Å². The lowest BCUT2D eigenvalue weighted by Crippen LogP contribution is -2.64. The topological polar surface area (TPSA) is 192 Å². The fraction of sp³-hybridized carbons (Fsp3) is 0.776. The molecule has 1 fully saturated rings. The zero-order valence-electron chi connectivity index (χ0n) is 38.4. The third kappa shape index (κ3) is 31.0. The number of allylic oxidation sites excluding steroid dienone is 9. The molecule has 0 aromatic rings. The molecule has 1 aliphatic carbocycles. The smallest absolute Gasteiger partial charge is 0.457 e. The number of phosphoric ester groups is 1. The van der Waals surface area contributed by atoms with Crippen LogP contribution >= 0.6 is 7.82 Å². The number of carbonyl (C=O) groups is 1. The molecule has 0 bridgehead atoms. The summed E-state index contributed by atoms with van der Waals surface area (Å²) in [6.07, 6.45) is 37.5. The van der Waals surface area contributed by atoms with Crippen molar-refractivity contribution >= 4 is 13.8 Å². The van der Waals surface area contributed by atoms with Crippen LogP contribution in [-0.2, 0) is 27.9 Å². The summed E-state index contributed by atoms with van der Waals surface area (Å²) in [4.78, 5) is 23.1. The maximum Gasteiger partial charge on any atom is 0.472 e. The van der Waals surface area contributed by atoms with Crippen LogP contribution in [0.2, 0.25) is 0 Å². The quantitative estimate of drug-likeness (QED) is 0.0148. The molecule has 1 aliphatic rings. The van der Waals surface area contributed by atoms with Crippen LogP contribution in [0.4, 0.5) is 0 Å². The van der Waals surface area contributed by atoms with Gasteiger partial charge in [-0.15, -0.1) is 0 Å². The Labute approximate surface area is 375 Å². The van der Waals surface area contributed by atoms with Gasteiger partial charge in [0.05, 0.1) is 19.6 Å². The molecule has 0 spiro atoms. The first-order chi connectivity index (χ1) is 30.0. The standard InChI is InChI=1S/C49H87O12P/c1-3-5-7-9-11-13-15-17-19-20-21-22-23-25-27-29-31-33-35-37-39-58-40-42(41-59-62(56,57)61-49-47(54)45(52)44(51)46(53)48(49)55)60-43(50)38-36-34-32-30-28-26-24-18-16-14-12-10-8-6-4-2/h6,8,12,14,18,24,28,30,34,36,42,44-49,51-55H,3-5,7,9-11,13,15-17,19-23,25-27,29,31-33,35,37-41H2,1-2H3,(H,56,57)/b8-6-,14-12-,24-18-,30-28-,36-34-. The van der Waals surface area contributed by atoms with E-state index in [2.05, 4.69) is 50.3 Å². The summed E-state index contributed by atoms with van der Waals surface area (Å²) in [5.41, 5.74) is 0. The van der Waals surface area contributed by atoms with Gasteiger partial charge in [0, 0.05) is 6.61 Å². The first-order valence-corrected chi connectivity index (χ1v) is 25.6. The second-order valence-corrected chi connectivity index (χ2v) is 18.0. The highest BCUT2D eigenvalue weighted by Gasteiger charge is 2.51. The Balaban J connectivity index is 2.40. The number of unbranched alkanes of at least 4 members (excludes halogenated alkanes) is 19. The van der Waals surface area contributed by atoms with Crippen molar-refractivity contribution < 1.29 is 58.3 Å². The van der Waals surface area contributed by atoms with Crippen molar-refractivity contribution in [1.82, 2.24) is 0 Å². The number of hydrogen-bond donors (Lipinski definition) is 6. The van der Waals surface area contributed by atoms with Gasteiger partial charge in [0.2, 0.25) is 0 Å². The summed E-state index contributed by atoms with van der Waals surface area (Å²) in [6.45, 7) is 4.05. The molecule has 0 aliphatic heterocycles. The summed E-state index contributed by atoms with van der Waals surface area (Å²) in [5.74, 6) is -0.602. The summed E-state index contributed by atoms with van der Waals surface area (Å²) >= 11 is 0. The molecule has 0 saturated heterocycles. The van der Waals surface area contributed by atoms with Gasteiger partial charge in [-0.25, -0.2) is 4.57 Å². The average Bonchev–Trinajstić information content (AvgIpc) is 3.26.